The summed E-state index contributed by atoms with van der Waals surface area (Å²) in [6, 6.07) is 9.13. The molecule has 6 bridgehead atoms. The van der Waals surface area contributed by atoms with Gasteiger partial charge in [0, 0.05) is 78.7 Å². The number of likely N-dealkylation sites (tertiary alicyclic amines) is 1. The maximum absolute atomic E-state index is 13.6. The Hall–Kier alpha value is -3.88. The summed E-state index contributed by atoms with van der Waals surface area (Å²) in [5, 5.41) is 20.5. The van der Waals surface area contributed by atoms with Gasteiger partial charge in [-0.2, -0.15) is 0 Å². The van der Waals surface area contributed by atoms with Gasteiger partial charge in [0.1, 0.15) is 12.3 Å². The number of ether oxygens (including phenoxy) is 2. The average Bonchev–Trinajstić information content (AvgIpc) is 3.93. The number of carbonyl (C=O) groups is 2. The van der Waals surface area contributed by atoms with Gasteiger partial charge in [0.15, 0.2) is 0 Å². The number of aliphatic hydroxyl groups excluding tert-OH is 1. The van der Waals surface area contributed by atoms with Crippen LogP contribution in [0.4, 0.5) is 4.79 Å². The average molecular weight is 730 g/mol. The first-order valence-corrected chi connectivity index (χ1v) is 19.5. The number of methoxy groups -OCH3 is 1. The molecule has 13 heteroatoms. The molecular formula is C39H51N7O5S. The van der Waals surface area contributed by atoms with E-state index < -0.39 is 23.7 Å². The first-order valence-electron chi connectivity index (χ1n) is 18.6. The van der Waals surface area contributed by atoms with Gasteiger partial charge in [0.25, 0.3) is 0 Å². The highest BCUT2D eigenvalue weighted by Crippen LogP contribution is 2.42. The molecule has 6 heterocycles. The number of pyridine rings is 1. The number of nitrogens with zero attached hydrogens (tertiary/aromatic N) is 5. The van der Waals surface area contributed by atoms with Gasteiger partial charge in [-0.15, -0.1) is 11.3 Å². The Morgan fingerprint density at radius 3 is 2.79 bits per heavy atom. The highest BCUT2D eigenvalue weighted by Gasteiger charge is 2.36. The Balaban J connectivity index is 1.35. The molecule has 3 aliphatic rings. The number of urea groups is 1. The lowest BCUT2D eigenvalue weighted by Gasteiger charge is -2.39. The Morgan fingerprint density at radius 2 is 2.02 bits per heavy atom. The minimum absolute atomic E-state index is 0.193. The summed E-state index contributed by atoms with van der Waals surface area (Å²) >= 11 is 1.52. The second-order valence-electron chi connectivity index (χ2n) is 15.1. The molecule has 3 aliphatic heterocycles. The van der Waals surface area contributed by atoms with Crippen molar-refractivity contribution in [2.75, 3.05) is 33.4 Å². The Labute approximate surface area is 309 Å². The molecule has 278 valence electrons. The fourth-order valence-electron chi connectivity index (χ4n) is 7.87. The number of hydrazine groups is 1. The fourth-order valence-corrected chi connectivity index (χ4v) is 8.73. The predicted molar refractivity (Wildman–Crippen MR) is 202 cm³/mol. The van der Waals surface area contributed by atoms with Crippen molar-refractivity contribution in [2.24, 2.45) is 5.41 Å². The van der Waals surface area contributed by atoms with Crippen LogP contribution in [0.1, 0.15) is 75.7 Å². The third-order valence-corrected chi connectivity index (χ3v) is 11.6. The summed E-state index contributed by atoms with van der Waals surface area (Å²) < 4.78 is 14.2. The molecule has 3 aromatic heterocycles. The first-order chi connectivity index (χ1) is 25.1. The van der Waals surface area contributed by atoms with Gasteiger partial charge in [-0.1, -0.05) is 19.9 Å². The van der Waals surface area contributed by atoms with Crippen molar-refractivity contribution in [3.05, 3.63) is 58.2 Å². The van der Waals surface area contributed by atoms with Crippen molar-refractivity contribution in [3.63, 3.8) is 0 Å². The number of nitrogens with one attached hydrogen (secondary N) is 2. The molecule has 0 saturated carbocycles. The van der Waals surface area contributed by atoms with Gasteiger partial charge in [0.05, 0.1) is 40.8 Å². The number of thiazole rings is 1. The molecule has 52 heavy (non-hydrogen) atoms. The molecule has 2 fully saturated rings. The smallest absolute Gasteiger partial charge is 0.324 e. The molecular weight excluding hydrogens is 679 g/mol. The minimum Gasteiger partial charge on any atom is -0.464 e. The van der Waals surface area contributed by atoms with Crippen molar-refractivity contribution >= 4 is 34.2 Å². The lowest BCUT2D eigenvalue weighted by molar-refractivity contribution is -0.156. The summed E-state index contributed by atoms with van der Waals surface area (Å²) in [7, 11) is 1.70. The lowest BCUT2D eigenvalue weighted by atomic mass is 9.84. The van der Waals surface area contributed by atoms with E-state index in [1.54, 1.807) is 17.0 Å². The number of benzene rings is 1. The van der Waals surface area contributed by atoms with Crippen LogP contribution in [0.25, 0.3) is 33.4 Å². The number of rotatable bonds is 5. The molecule has 2 unspecified atom stereocenters. The molecule has 0 aliphatic carbocycles. The van der Waals surface area contributed by atoms with Gasteiger partial charge in [-0.05, 0) is 75.8 Å². The van der Waals surface area contributed by atoms with Gasteiger partial charge in [-0.3, -0.25) is 9.78 Å². The number of fused-ring (bicyclic) bond motifs is 6. The number of aryl methyl sites for hydroxylation is 1. The van der Waals surface area contributed by atoms with Gasteiger partial charge in [0.2, 0.25) is 0 Å². The van der Waals surface area contributed by atoms with E-state index in [1.807, 2.05) is 19.2 Å². The topological polar surface area (TPSA) is 134 Å². The summed E-state index contributed by atoms with van der Waals surface area (Å²) in [6.45, 7) is 11.3. The molecule has 0 radical (unpaired) electrons. The van der Waals surface area contributed by atoms with E-state index in [4.69, 9.17) is 19.4 Å². The largest absolute Gasteiger partial charge is 0.464 e. The highest BCUT2D eigenvalue weighted by atomic mass is 32.1. The molecule has 2 amide bonds. The maximum atomic E-state index is 13.6. The van der Waals surface area contributed by atoms with Crippen LogP contribution in [0.2, 0.25) is 0 Å². The summed E-state index contributed by atoms with van der Waals surface area (Å²) in [4.78, 5) is 38.6. The van der Waals surface area contributed by atoms with E-state index in [1.165, 1.54) is 11.3 Å². The number of esters is 1. The number of amides is 2. The molecule has 12 nitrogen and oxygen atoms in total. The molecule has 5 atom stereocenters. The van der Waals surface area contributed by atoms with Gasteiger partial charge >= 0.3 is 12.0 Å². The van der Waals surface area contributed by atoms with Gasteiger partial charge < -0.3 is 29.4 Å². The van der Waals surface area contributed by atoms with E-state index in [2.05, 4.69) is 65.7 Å². The van der Waals surface area contributed by atoms with Gasteiger partial charge in [-0.25, -0.2) is 20.2 Å². The standard InChI is InChI=1S/C39H51N7O5S/c1-6-45-32-14-13-25-19-27(32)28(35(45)26-11-9-15-40-34(26)24(2)50-5)21-39(3,4)23-51-37(48)29-12-10-18-46(43-29)36(47)30(20-33-41-31(25)22-52-33)42-38(49)44-16-7-8-17-44/h9,11,13-15,19,22,24,29-30,36,43,47H,6-8,10,12,16-18,20-21,23H2,1-5H3,(H,42,49)/t24-,29-,30-,36?/m0/s1. The molecule has 7 rings (SSSR count). The number of aliphatic hydroxyl groups is 1. The van der Waals surface area contributed by atoms with E-state index >= 15 is 0 Å². The Bertz CT molecular complexity index is 1920. The first kappa shape index (κ1) is 36.5. The number of hydrogen-bond donors (Lipinski definition) is 3. The number of aromatic nitrogens is 3. The van der Waals surface area contributed by atoms with Crippen LogP contribution in [0.15, 0.2) is 41.9 Å². The number of carbonyl (C=O) groups excluding carboxylic acids is 2. The van der Waals surface area contributed by atoms with Crippen LogP contribution < -0.4 is 10.7 Å². The summed E-state index contributed by atoms with van der Waals surface area (Å²) in [6.07, 6.45) is 4.69. The van der Waals surface area contributed by atoms with E-state index in [0.29, 0.717) is 45.3 Å². The normalized spacial score (nSPS) is 24.3. The Kier molecular flexibility index (Phi) is 10.7. The second-order valence-corrected chi connectivity index (χ2v) is 16.0. The van der Waals surface area contributed by atoms with E-state index in [9.17, 15) is 14.7 Å². The molecule has 4 aromatic rings. The fraction of sp³-hybridized carbons (Fsp3) is 0.538. The molecule has 0 spiro atoms. The third kappa shape index (κ3) is 7.34. The number of hydrogen-bond acceptors (Lipinski definition) is 10. The van der Waals surface area contributed by atoms with Crippen LogP contribution in [0.3, 0.4) is 0 Å². The second kappa shape index (κ2) is 15.2. The van der Waals surface area contributed by atoms with E-state index in [0.717, 1.165) is 69.1 Å². The van der Waals surface area contributed by atoms with Crippen LogP contribution in [0, 0.1) is 5.41 Å². The predicted octanol–water partition coefficient (Wildman–Crippen LogP) is 5.68. The van der Waals surface area contributed by atoms with Crippen LogP contribution in [-0.4, -0.2) is 93.2 Å². The van der Waals surface area contributed by atoms with Crippen LogP contribution >= 0.6 is 11.3 Å². The lowest BCUT2D eigenvalue weighted by Crippen LogP contribution is -2.63. The van der Waals surface area contributed by atoms with Crippen molar-refractivity contribution in [1.29, 1.82) is 0 Å². The van der Waals surface area contributed by atoms with Crippen LogP contribution in [-0.2, 0) is 33.7 Å². The molecule has 2 saturated heterocycles. The van der Waals surface area contributed by atoms with Crippen LogP contribution in [0.5, 0.6) is 0 Å². The Morgan fingerprint density at radius 1 is 1.21 bits per heavy atom. The van der Waals surface area contributed by atoms with Crippen molar-refractivity contribution in [2.45, 2.75) is 97.2 Å². The van der Waals surface area contributed by atoms with Crippen molar-refractivity contribution in [1.82, 2.24) is 35.2 Å². The monoisotopic (exact) mass is 729 g/mol. The van der Waals surface area contributed by atoms with E-state index in [-0.39, 0.29) is 24.7 Å². The SMILES string of the molecule is CCn1c(-c2cccnc2[C@H](C)OC)c2c3cc(ccc31)-c1csc(n1)C[C@H](NC(=O)N1CCCC1)C(O)N1CCC[C@H](N1)C(=O)OCC(C)(C)C2. The number of cyclic esters (lactones) is 1. The molecule has 3 N–H and O–H groups in total. The van der Waals surface area contributed by atoms with Crippen molar-refractivity contribution in [3.8, 4) is 22.5 Å². The minimum atomic E-state index is -1.09. The zero-order chi connectivity index (χ0) is 36.6. The zero-order valence-electron chi connectivity index (χ0n) is 30.9. The van der Waals surface area contributed by atoms with Crippen molar-refractivity contribution < 1.29 is 24.2 Å². The highest BCUT2D eigenvalue weighted by molar-refractivity contribution is 7.10. The summed E-state index contributed by atoms with van der Waals surface area (Å²) in [5.41, 5.74) is 9.88. The maximum Gasteiger partial charge on any atom is 0.324 e. The quantitative estimate of drug-likeness (QED) is 0.222. The third-order valence-electron chi connectivity index (χ3n) is 10.7. The molecule has 1 aromatic carbocycles. The summed E-state index contributed by atoms with van der Waals surface area (Å²) in [5.74, 6) is -0.352. The zero-order valence-corrected chi connectivity index (χ0v) is 31.7.